The van der Waals surface area contributed by atoms with Crippen molar-refractivity contribution < 1.29 is 13.2 Å². The molecule has 0 saturated heterocycles. The van der Waals surface area contributed by atoms with E-state index in [0.29, 0.717) is 0 Å². The van der Waals surface area contributed by atoms with Gasteiger partial charge in [0.05, 0.1) is 17.8 Å². The van der Waals surface area contributed by atoms with Crippen LogP contribution in [-0.2, 0) is 6.18 Å². The minimum absolute atomic E-state index is 0.0644. The van der Waals surface area contributed by atoms with Crippen molar-refractivity contribution in [3.05, 3.63) is 18.0 Å². The molecule has 0 aliphatic heterocycles. The van der Waals surface area contributed by atoms with Gasteiger partial charge in [0.1, 0.15) is 0 Å². The summed E-state index contributed by atoms with van der Waals surface area (Å²) in [5, 5.41) is 7.06. The molecule has 0 spiro atoms. The first-order chi connectivity index (χ1) is 8.36. The average molecular weight is 263 g/mol. The SMILES string of the molecule is CCCNCC(C)C(C)n1cc(C(F)(F)F)cn1. The lowest BCUT2D eigenvalue weighted by Crippen LogP contribution is -2.27. The lowest BCUT2D eigenvalue weighted by atomic mass is 10.0. The van der Waals surface area contributed by atoms with Gasteiger partial charge in [0.25, 0.3) is 0 Å². The number of nitrogens with zero attached hydrogens (tertiary/aromatic N) is 2. The van der Waals surface area contributed by atoms with Gasteiger partial charge in [-0.2, -0.15) is 18.3 Å². The third-order valence-electron chi connectivity index (χ3n) is 3.06. The first kappa shape index (κ1) is 15.0. The summed E-state index contributed by atoms with van der Waals surface area (Å²) >= 11 is 0. The first-order valence-corrected chi connectivity index (χ1v) is 6.18. The molecule has 0 fully saturated rings. The smallest absolute Gasteiger partial charge is 0.316 e. The predicted molar refractivity (Wildman–Crippen MR) is 64.3 cm³/mol. The van der Waals surface area contributed by atoms with Crippen molar-refractivity contribution in [1.29, 1.82) is 0 Å². The summed E-state index contributed by atoms with van der Waals surface area (Å²) in [5.41, 5.74) is -0.692. The van der Waals surface area contributed by atoms with E-state index in [-0.39, 0.29) is 12.0 Å². The molecule has 0 saturated carbocycles. The van der Waals surface area contributed by atoms with Gasteiger partial charge in [0.2, 0.25) is 0 Å². The van der Waals surface area contributed by atoms with Crippen molar-refractivity contribution in [2.45, 2.75) is 39.4 Å². The molecule has 2 unspecified atom stereocenters. The Balaban J connectivity index is 2.60. The van der Waals surface area contributed by atoms with Gasteiger partial charge >= 0.3 is 6.18 Å². The van der Waals surface area contributed by atoms with Crippen molar-refractivity contribution >= 4 is 0 Å². The van der Waals surface area contributed by atoms with Crippen LogP contribution in [0.25, 0.3) is 0 Å². The quantitative estimate of drug-likeness (QED) is 0.799. The van der Waals surface area contributed by atoms with Gasteiger partial charge < -0.3 is 5.32 Å². The van der Waals surface area contributed by atoms with Crippen LogP contribution >= 0.6 is 0 Å². The molecule has 0 radical (unpaired) electrons. The molecule has 1 rings (SSSR count). The number of halogens is 3. The fraction of sp³-hybridized carbons (Fsp3) is 0.750. The lowest BCUT2D eigenvalue weighted by molar-refractivity contribution is -0.137. The molecule has 1 aromatic rings. The van der Waals surface area contributed by atoms with Gasteiger partial charge in [-0.15, -0.1) is 0 Å². The monoisotopic (exact) mass is 263 g/mol. The van der Waals surface area contributed by atoms with Crippen LogP contribution in [-0.4, -0.2) is 22.9 Å². The Morgan fingerprint density at radius 1 is 1.39 bits per heavy atom. The molecule has 0 amide bonds. The summed E-state index contributed by atoms with van der Waals surface area (Å²) in [6.45, 7) is 7.65. The fourth-order valence-corrected chi connectivity index (χ4v) is 1.64. The Kier molecular flexibility index (Phi) is 5.19. The molecule has 1 N–H and O–H groups in total. The predicted octanol–water partition coefficient (Wildman–Crippen LogP) is 3.10. The van der Waals surface area contributed by atoms with Gasteiger partial charge in [-0.1, -0.05) is 13.8 Å². The van der Waals surface area contributed by atoms with E-state index in [1.165, 1.54) is 4.68 Å². The van der Waals surface area contributed by atoms with Gasteiger partial charge in [-0.3, -0.25) is 4.68 Å². The van der Waals surface area contributed by atoms with Crippen molar-refractivity contribution in [2.24, 2.45) is 5.92 Å². The minimum atomic E-state index is -4.32. The molecule has 104 valence electrons. The second-order valence-corrected chi connectivity index (χ2v) is 4.63. The standard InChI is InChI=1S/C12H20F3N3/c1-4-5-16-6-9(2)10(3)18-8-11(7-17-18)12(13,14)15/h7-10,16H,4-6H2,1-3H3. The van der Waals surface area contributed by atoms with Gasteiger partial charge in [0, 0.05) is 6.20 Å². The highest BCUT2D eigenvalue weighted by Crippen LogP contribution is 2.29. The van der Waals surface area contributed by atoms with E-state index in [0.717, 1.165) is 31.9 Å². The van der Waals surface area contributed by atoms with Gasteiger partial charge in [0.15, 0.2) is 0 Å². The lowest BCUT2D eigenvalue weighted by Gasteiger charge is -2.20. The van der Waals surface area contributed by atoms with Crippen LogP contribution in [0.2, 0.25) is 0 Å². The number of rotatable bonds is 6. The maximum Gasteiger partial charge on any atom is 0.419 e. The van der Waals surface area contributed by atoms with E-state index in [2.05, 4.69) is 17.3 Å². The van der Waals surface area contributed by atoms with Gasteiger partial charge in [-0.25, -0.2) is 0 Å². The zero-order chi connectivity index (χ0) is 13.8. The Labute approximate surface area is 105 Å². The third-order valence-corrected chi connectivity index (χ3v) is 3.06. The Morgan fingerprint density at radius 3 is 2.56 bits per heavy atom. The molecule has 6 heteroatoms. The van der Waals surface area contributed by atoms with Crippen molar-refractivity contribution in [3.63, 3.8) is 0 Å². The van der Waals surface area contributed by atoms with Crippen molar-refractivity contribution in [2.75, 3.05) is 13.1 Å². The summed E-state index contributed by atoms with van der Waals surface area (Å²) in [6, 6.07) is -0.0644. The second-order valence-electron chi connectivity index (χ2n) is 4.63. The van der Waals surface area contributed by atoms with Crippen LogP contribution in [0.3, 0.4) is 0 Å². The topological polar surface area (TPSA) is 29.9 Å². The highest BCUT2D eigenvalue weighted by molar-refractivity contribution is 5.08. The molecule has 2 atom stereocenters. The molecule has 0 aliphatic rings. The van der Waals surface area contributed by atoms with Crippen LogP contribution in [0, 0.1) is 5.92 Å². The number of hydrogen-bond donors (Lipinski definition) is 1. The largest absolute Gasteiger partial charge is 0.419 e. The maximum atomic E-state index is 12.4. The van der Waals surface area contributed by atoms with Crippen LogP contribution in [0.5, 0.6) is 0 Å². The Morgan fingerprint density at radius 2 is 2.06 bits per heavy atom. The minimum Gasteiger partial charge on any atom is -0.316 e. The summed E-state index contributed by atoms with van der Waals surface area (Å²) in [4.78, 5) is 0. The van der Waals surface area contributed by atoms with E-state index in [1.54, 1.807) is 0 Å². The number of hydrogen-bond acceptors (Lipinski definition) is 2. The average Bonchev–Trinajstić information content (AvgIpc) is 2.77. The van der Waals surface area contributed by atoms with Crippen molar-refractivity contribution in [1.82, 2.24) is 15.1 Å². The Bertz CT molecular complexity index is 360. The van der Waals surface area contributed by atoms with Crippen LogP contribution in [0.15, 0.2) is 12.4 Å². The van der Waals surface area contributed by atoms with E-state index in [4.69, 9.17) is 0 Å². The van der Waals surface area contributed by atoms with Crippen LogP contribution in [0.1, 0.15) is 38.8 Å². The molecule has 0 aromatic carbocycles. The number of nitrogens with one attached hydrogen (secondary N) is 1. The zero-order valence-corrected chi connectivity index (χ0v) is 11.0. The normalized spacial score (nSPS) is 15.7. The highest BCUT2D eigenvalue weighted by Gasteiger charge is 2.32. The van der Waals surface area contributed by atoms with Crippen molar-refractivity contribution in [3.8, 4) is 0 Å². The molecule has 3 nitrogen and oxygen atoms in total. The summed E-state index contributed by atoms with van der Waals surface area (Å²) in [7, 11) is 0. The number of alkyl halides is 3. The Hall–Kier alpha value is -1.04. The summed E-state index contributed by atoms with van der Waals surface area (Å²) in [6.07, 6.45) is -1.33. The van der Waals surface area contributed by atoms with E-state index < -0.39 is 11.7 Å². The maximum absolute atomic E-state index is 12.4. The second kappa shape index (κ2) is 6.22. The summed E-state index contributed by atoms with van der Waals surface area (Å²) < 4.78 is 38.7. The fourth-order valence-electron chi connectivity index (χ4n) is 1.64. The molecule has 1 heterocycles. The first-order valence-electron chi connectivity index (χ1n) is 6.18. The molecular formula is C12H20F3N3. The van der Waals surface area contributed by atoms with Gasteiger partial charge in [-0.05, 0) is 32.4 Å². The highest BCUT2D eigenvalue weighted by atomic mass is 19.4. The third kappa shape index (κ3) is 4.01. The van der Waals surface area contributed by atoms with E-state index >= 15 is 0 Å². The molecule has 18 heavy (non-hydrogen) atoms. The number of aromatic nitrogens is 2. The van der Waals surface area contributed by atoms with Crippen LogP contribution in [0.4, 0.5) is 13.2 Å². The molecular weight excluding hydrogens is 243 g/mol. The summed E-state index contributed by atoms with van der Waals surface area (Å²) in [5.74, 6) is 0.220. The molecule has 0 aliphatic carbocycles. The van der Waals surface area contributed by atoms with E-state index in [1.807, 2.05) is 13.8 Å². The zero-order valence-electron chi connectivity index (χ0n) is 11.0. The molecule has 1 aromatic heterocycles. The molecule has 0 bridgehead atoms. The van der Waals surface area contributed by atoms with Crippen LogP contribution < -0.4 is 5.32 Å². The van der Waals surface area contributed by atoms with E-state index in [9.17, 15) is 13.2 Å².